The van der Waals surface area contributed by atoms with Crippen LogP contribution in [0, 0.1) is 12.3 Å². The molecule has 166 valence electrons. The van der Waals surface area contributed by atoms with Crippen molar-refractivity contribution in [3.63, 3.8) is 0 Å². The highest BCUT2D eigenvalue weighted by Gasteiger charge is 2.31. The Balaban J connectivity index is 2.40. The smallest absolute Gasteiger partial charge is 0.410 e. The van der Waals surface area contributed by atoms with Crippen molar-refractivity contribution in [1.29, 1.82) is 5.41 Å². The summed E-state index contributed by atoms with van der Waals surface area (Å²) in [7, 11) is -3.45. The van der Waals surface area contributed by atoms with Crippen molar-refractivity contribution in [3.05, 3.63) is 28.6 Å². The second kappa shape index (κ2) is 9.82. The molecule has 1 aliphatic rings. The number of amides is 2. The molecule has 0 saturated heterocycles. The van der Waals surface area contributed by atoms with Gasteiger partial charge in [-0.2, -0.15) is 8.42 Å². The lowest BCUT2D eigenvalue weighted by atomic mass is 10.0. The third-order valence-electron chi connectivity index (χ3n) is 4.66. The van der Waals surface area contributed by atoms with E-state index < -0.39 is 41.0 Å². The SMILES string of the molecule is COC(=O)N(CCOS(=O)(=O)O)C1CCCCc2cc(C(=O)NC(=N)N)c(C)nc21. The number of methoxy groups -OCH3 is 1. The number of pyridine rings is 1. The molecule has 0 aliphatic heterocycles. The summed E-state index contributed by atoms with van der Waals surface area (Å²) in [5.74, 6) is -1.04. The molecule has 0 aromatic carbocycles. The van der Waals surface area contributed by atoms with Crippen LogP contribution in [-0.2, 0) is 25.7 Å². The van der Waals surface area contributed by atoms with Crippen molar-refractivity contribution >= 4 is 28.4 Å². The number of guanidine groups is 1. The van der Waals surface area contributed by atoms with E-state index in [1.165, 1.54) is 12.0 Å². The molecule has 0 saturated carbocycles. The van der Waals surface area contributed by atoms with Crippen LogP contribution in [0.1, 0.15) is 52.6 Å². The molecule has 0 radical (unpaired) electrons. The summed E-state index contributed by atoms with van der Waals surface area (Å²) in [5, 5.41) is 9.45. The summed E-state index contributed by atoms with van der Waals surface area (Å²) < 4.78 is 39.6. The highest BCUT2D eigenvalue weighted by molar-refractivity contribution is 7.80. The Morgan fingerprint density at radius 2 is 2.13 bits per heavy atom. The lowest BCUT2D eigenvalue weighted by Gasteiger charge is -2.30. The fraction of sp³-hybridized carbons (Fsp3) is 0.529. The molecular weight excluding hydrogens is 418 g/mol. The Labute approximate surface area is 174 Å². The molecule has 30 heavy (non-hydrogen) atoms. The Morgan fingerprint density at radius 3 is 2.73 bits per heavy atom. The van der Waals surface area contributed by atoms with Gasteiger partial charge >= 0.3 is 16.5 Å². The van der Waals surface area contributed by atoms with E-state index in [2.05, 4.69) is 14.5 Å². The van der Waals surface area contributed by atoms with Gasteiger partial charge in [-0.3, -0.25) is 30.0 Å². The van der Waals surface area contributed by atoms with Gasteiger partial charge in [0.15, 0.2) is 5.96 Å². The van der Waals surface area contributed by atoms with Gasteiger partial charge in [-0.05, 0) is 37.8 Å². The van der Waals surface area contributed by atoms with E-state index in [1.807, 2.05) is 0 Å². The third kappa shape index (κ3) is 6.11. The number of hydrogen-bond donors (Lipinski definition) is 4. The highest BCUT2D eigenvalue weighted by atomic mass is 32.3. The molecule has 1 aromatic rings. The van der Waals surface area contributed by atoms with Crippen LogP contribution in [0.4, 0.5) is 4.79 Å². The van der Waals surface area contributed by atoms with Crippen molar-refractivity contribution in [2.45, 2.75) is 38.6 Å². The van der Waals surface area contributed by atoms with E-state index in [1.54, 1.807) is 13.0 Å². The fourth-order valence-corrected chi connectivity index (χ4v) is 3.68. The molecule has 2 amide bonds. The van der Waals surface area contributed by atoms with Crippen molar-refractivity contribution in [2.75, 3.05) is 20.3 Å². The maximum atomic E-state index is 12.4. The van der Waals surface area contributed by atoms with Gasteiger partial charge in [0.2, 0.25) is 0 Å². The molecule has 13 heteroatoms. The lowest BCUT2D eigenvalue weighted by molar-refractivity contribution is 0.0905. The molecule has 1 atom stereocenters. The summed E-state index contributed by atoms with van der Waals surface area (Å²) in [6, 6.07) is 1.13. The first-order chi connectivity index (χ1) is 14.0. The van der Waals surface area contributed by atoms with Gasteiger partial charge in [0.25, 0.3) is 5.91 Å². The highest BCUT2D eigenvalue weighted by Crippen LogP contribution is 2.33. The van der Waals surface area contributed by atoms with E-state index in [4.69, 9.17) is 20.4 Å². The number of hydrogen-bond acceptors (Lipinski definition) is 8. The molecule has 2 rings (SSSR count). The van der Waals surface area contributed by atoms with Gasteiger partial charge in [0.05, 0.1) is 36.7 Å². The van der Waals surface area contributed by atoms with Crippen LogP contribution >= 0.6 is 0 Å². The minimum Gasteiger partial charge on any atom is -0.453 e. The Morgan fingerprint density at radius 1 is 1.43 bits per heavy atom. The molecule has 12 nitrogen and oxygen atoms in total. The van der Waals surface area contributed by atoms with Crippen LogP contribution < -0.4 is 11.1 Å². The van der Waals surface area contributed by atoms with Crippen molar-refractivity contribution < 1.29 is 31.5 Å². The average Bonchev–Trinajstić information content (AvgIpc) is 2.84. The van der Waals surface area contributed by atoms with Crippen LogP contribution in [0.2, 0.25) is 0 Å². The first kappa shape index (κ1) is 23.5. The van der Waals surface area contributed by atoms with E-state index in [-0.39, 0.29) is 12.1 Å². The Bertz CT molecular complexity index is 935. The van der Waals surface area contributed by atoms with E-state index in [0.29, 0.717) is 24.2 Å². The van der Waals surface area contributed by atoms with Crippen LogP contribution in [0.3, 0.4) is 0 Å². The predicted octanol–water partition coefficient (Wildman–Crippen LogP) is 0.669. The van der Waals surface area contributed by atoms with Gasteiger partial charge < -0.3 is 10.5 Å². The second-order valence-corrected chi connectivity index (χ2v) is 7.80. The summed E-state index contributed by atoms with van der Waals surface area (Å²) in [6.07, 6.45) is 2.00. The minimum absolute atomic E-state index is 0.163. The average molecular weight is 443 g/mol. The van der Waals surface area contributed by atoms with Crippen LogP contribution in [-0.4, -0.2) is 61.1 Å². The molecule has 0 bridgehead atoms. The van der Waals surface area contributed by atoms with Crippen molar-refractivity contribution in [1.82, 2.24) is 15.2 Å². The number of aryl methyl sites for hydroxylation is 2. The molecule has 1 unspecified atom stereocenters. The summed E-state index contributed by atoms with van der Waals surface area (Å²) in [4.78, 5) is 30.5. The molecule has 0 spiro atoms. The summed E-state index contributed by atoms with van der Waals surface area (Å²) in [6.45, 7) is 1.00. The van der Waals surface area contributed by atoms with Crippen molar-refractivity contribution in [2.24, 2.45) is 5.73 Å². The van der Waals surface area contributed by atoms with Gasteiger partial charge in [-0.25, -0.2) is 8.98 Å². The number of ether oxygens (including phenoxy) is 1. The Kier molecular flexibility index (Phi) is 7.70. The number of nitrogens with one attached hydrogen (secondary N) is 2. The zero-order valence-electron chi connectivity index (χ0n) is 16.7. The van der Waals surface area contributed by atoms with Gasteiger partial charge in [0, 0.05) is 6.54 Å². The monoisotopic (exact) mass is 443 g/mol. The zero-order valence-corrected chi connectivity index (χ0v) is 17.5. The summed E-state index contributed by atoms with van der Waals surface area (Å²) in [5.41, 5.74) is 7.21. The largest absolute Gasteiger partial charge is 0.453 e. The second-order valence-electron chi connectivity index (χ2n) is 6.71. The molecule has 5 N–H and O–H groups in total. The number of nitrogens with zero attached hydrogens (tertiary/aromatic N) is 2. The van der Waals surface area contributed by atoms with Crippen molar-refractivity contribution in [3.8, 4) is 0 Å². The van der Waals surface area contributed by atoms with Gasteiger partial charge in [-0.15, -0.1) is 0 Å². The molecule has 0 fully saturated rings. The number of rotatable bonds is 6. The normalized spacial score (nSPS) is 16.2. The molecular formula is C17H25N5O7S. The maximum Gasteiger partial charge on any atom is 0.410 e. The van der Waals surface area contributed by atoms with Gasteiger partial charge in [-0.1, -0.05) is 6.42 Å². The fourth-order valence-electron chi connectivity index (χ4n) is 3.40. The third-order valence-corrected chi connectivity index (χ3v) is 5.12. The molecule has 1 heterocycles. The maximum absolute atomic E-state index is 12.4. The molecule has 1 aliphatic carbocycles. The summed E-state index contributed by atoms with van der Waals surface area (Å²) >= 11 is 0. The number of carbonyl (C=O) groups is 2. The standard InChI is InChI=1S/C17H25N5O7S/c1-10-12(15(23)21-16(18)19)9-11-5-3-4-6-13(14(11)20-10)22(17(24)28-2)7-8-29-30(25,26)27/h9,13H,3-8H2,1-2H3,(H,25,26,27)(H4,18,19,21,23). The lowest BCUT2D eigenvalue weighted by Crippen LogP contribution is -2.39. The number of nitrogens with two attached hydrogens (primary N) is 1. The first-order valence-electron chi connectivity index (χ1n) is 9.15. The zero-order chi connectivity index (χ0) is 22.5. The quantitative estimate of drug-likeness (QED) is 0.212. The number of fused-ring (bicyclic) bond motifs is 1. The number of carbonyl (C=O) groups excluding carboxylic acids is 2. The van der Waals surface area contributed by atoms with E-state index >= 15 is 0 Å². The van der Waals surface area contributed by atoms with Crippen LogP contribution in [0.5, 0.6) is 0 Å². The van der Waals surface area contributed by atoms with Crippen LogP contribution in [0.15, 0.2) is 6.07 Å². The minimum atomic E-state index is -4.65. The van der Waals surface area contributed by atoms with E-state index in [0.717, 1.165) is 18.4 Å². The van der Waals surface area contributed by atoms with Crippen LogP contribution in [0.25, 0.3) is 0 Å². The molecule has 1 aromatic heterocycles. The Hall–Kier alpha value is -2.77. The van der Waals surface area contributed by atoms with Gasteiger partial charge in [0.1, 0.15) is 0 Å². The topological polar surface area (TPSA) is 185 Å². The predicted molar refractivity (Wildman–Crippen MR) is 105 cm³/mol. The first-order valence-corrected chi connectivity index (χ1v) is 10.5. The van der Waals surface area contributed by atoms with E-state index in [9.17, 15) is 18.0 Å². The number of aromatic nitrogens is 1.